The van der Waals surface area contributed by atoms with E-state index < -0.39 is 0 Å². The second kappa shape index (κ2) is 6.20. The number of anilines is 1. The smallest absolute Gasteiger partial charge is 0.151 e. The highest BCUT2D eigenvalue weighted by Gasteiger charge is 2.10. The highest BCUT2D eigenvalue weighted by Crippen LogP contribution is 2.25. The molecule has 17 heavy (non-hydrogen) atoms. The third-order valence-electron chi connectivity index (χ3n) is 3.33. The molecule has 92 valence electrons. The van der Waals surface area contributed by atoms with E-state index in [0.717, 1.165) is 29.4 Å². The number of hydrogen-bond donors (Lipinski definition) is 0. The lowest BCUT2D eigenvalue weighted by Gasteiger charge is -2.27. The molecule has 0 atom stereocenters. The van der Waals surface area contributed by atoms with Gasteiger partial charge in [-0.15, -0.1) is 0 Å². The maximum Gasteiger partial charge on any atom is 0.151 e. The van der Waals surface area contributed by atoms with E-state index in [-0.39, 0.29) is 0 Å². The molecule has 0 radical (unpaired) electrons. The summed E-state index contributed by atoms with van der Waals surface area (Å²) in [5.41, 5.74) is 1.95. The van der Waals surface area contributed by atoms with Crippen molar-refractivity contribution in [1.29, 1.82) is 0 Å². The van der Waals surface area contributed by atoms with Crippen molar-refractivity contribution >= 4 is 27.9 Å². The third kappa shape index (κ3) is 3.32. The van der Waals surface area contributed by atoms with E-state index in [2.05, 4.69) is 33.0 Å². The van der Waals surface area contributed by atoms with Crippen LogP contribution in [0.15, 0.2) is 22.7 Å². The lowest BCUT2D eigenvalue weighted by molar-refractivity contribution is 0.112. The quantitative estimate of drug-likeness (QED) is 0.768. The van der Waals surface area contributed by atoms with Crippen molar-refractivity contribution in [3.05, 3.63) is 28.2 Å². The summed E-state index contributed by atoms with van der Waals surface area (Å²) in [5, 5.41) is 0. The number of carbonyl (C=O) groups excluding carboxylic acids is 1. The first-order valence-electron chi connectivity index (χ1n) is 6.31. The van der Waals surface area contributed by atoms with Gasteiger partial charge in [0, 0.05) is 28.8 Å². The van der Waals surface area contributed by atoms with Crippen molar-refractivity contribution in [2.75, 3.05) is 18.0 Å². The first-order valence-corrected chi connectivity index (χ1v) is 7.10. The fraction of sp³-hybridized carbons (Fsp3) is 0.500. The summed E-state index contributed by atoms with van der Waals surface area (Å²) in [4.78, 5) is 13.2. The van der Waals surface area contributed by atoms with Crippen LogP contribution in [0.4, 0.5) is 5.69 Å². The van der Waals surface area contributed by atoms with E-state index >= 15 is 0 Å². The SMILES string of the molecule is O=Cc1ccc(N2CCCCCCC2)cc1Br. The number of nitrogens with zero attached hydrogens (tertiary/aromatic N) is 1. The van der Waals surface area contributed by atoms with Crippen molar-refractivity contribution in [2.24, 2.45) is 0 Å². The van der Waals surface area contributed by atoms with Crippen LogP contribution in [0.5, 0.6) is 0 Å². The molecule has 1 saturated heterocycles. The Labute approximate surface area is 111 Å². The topological polar surface area (TPSA) is 20.3 Å². The molecule has 1 aromatic carbocycles. The molecule has 1 fully saturated rings. The van der Waals surface area contributed by atoms with Crippen LogP contribution in [-0.2, 0) is 0 Å². The Kier molecular flexibility index (Phi) is 4.60. The zero-order chi connectivity index (χ0) is 12.1. The lowest BCUT2D eigenvalue weighted by Crippen LogP contribution is -2.26. The second-order valence-corrected chi connectivity index (χ2v) is 5.43. The van der Waals surface area contributed by atoms with Crippen molar-refractivity contribution < 1.29 is 4.79 Å². The monoisotopic (exact) mass is 295 g/mol. The molecule has 1 aliphatic rings. The Morgan fingerprint density at radius 3 is 2.29 bits per heavy atom. The number of halogens is 1. The van der Waals surface area contributed by atoms with Crippen molar-refractivity contribution in [3.63, 3.8) is 0 Å². The molecule has 0 aromatic heterocycles. The van der Waals surface area contributed by atoms with Crippen LogP contribution in [-0.4, -0.2) is 19.4 Å². The minimum absolute atomic E-state index is 0.723. The molecule has 3 heteroatoms. The average Bonchev–Trinajstić information content (AvgIpc) is 2.28. The van der Waals surface area contributed by atoms with Crippen LogP contribution in [0.3, 0.4) is 0 Å². The standard InChI is InChI=1S/C14H18BrNO/c15-14-10-13(7-6-12(14)11-17)16-8-4-2-1-3-5-9-16/h6-7,10-11H,1-5,8-9H2. The molecule has 2 nitrogen and oxygen atoms in total. The number of hydrogen-bond acceptors (Lipinski definition) is 2. The van der Waals surface area contributed by atoms with Crippen LogP contribution >= 0.6 is 15.9 Å². The average molecular weight is 296 g/mol. The zero-order valence-corrected chi connectivity index (χ0v) is 11.6. The predicted molar refractivity (Wildman–Crippen MR) is 74.8 cm³/mol. The Hall–Kier alpha value is -0.830. The molecule has 0 saturated carbocycles. The van der Waals surface area contributed by atoms with Gasteiger partial charge in [0.2, 0.25) is 0 Å². The van der Waals surface area contributed by atoms with Gasteiger partial charge in [-0.2, -0.15) is 0 Å². The molecule has 0 amide bonds. The number of rotatable bonds is 2. The van der Waals surface area contributed by atoms with Gasteiger partial charge >= 0.3 is 0 Å². The van der Waals surface area contributed by atoms with Gasteiger partial charge in [0.25, 0.3) is 0 Å². The zero-order valence-electron chi connectivity index (χ0n) is 9.99. The molecular formula is C14H18BrNO. The molecule has 0 spiro atoms. The Morgan fingerprint density at radius 1 is 1.06 bits per heavy atom. The minimum atomic E-state index is 0.723. The Morgan fingerprint density at radius 2 is 1.71 bits per heavy atom. The molecule has 0 aliphatic carbocycles. The molecule has 1 aliphatic heterocycles. The van der Waals surface area contributed by atoms with Crippen LogP contribution < -0.4 is 4.90 Å². The van der Waals surface area contributed by atoms with Crippen molar-refractivity contribution in [3.8, 4) is 0 Å². The number of carbonyl (C=O) groups is 1. The third-order valence-corrected chi connectivity index (χ3v) is 4.02. The summed E-state index contributed by atoms with van der Waals surface area (Å²) < 4.78 is 0.895. The molecule has 0 unspecified atom stereocenters. The Balaban J connectivity index is 2.14. The van der Waals surface area contributed by atoms with E-state index in [1.165, 1.54) is 37.8 Å². The first-order chi connectivity index (χ1) is 8.31. The van der Waals surface area contributed by atoms with Gasteiger partial charge in [0.1, 0.15) is 0 Å². The number of benzene rings is 1. The van der Waals surface area contributed by atoms with E-state index in [0.29, 0.717) is 0 Å². The van der Waals surface area contributed by atoms with Gasteiger partial charge in [-0.1, -0.05) is 19.3 Å². The predicted octanol–water partition coefficient (Wildman–Crippen LogP) is 4.03. The highest BCUT2D eigenvalue weighted by atomic mass is 79.9. The molecule has 0 N–H and O–H groups in total. The van der Waals surface area contributed by atoms with Gasteiger partial charge in [-0.05, 0) is 47.0 Å². The molecular weight excluding hydrogens is 278 g/mol. The van der Waals surface area contributed by atoms with Gasteiger partial charge in [-0.25, -0.2) is 0 Å². The summed E-state index contributed by atoms with van der Waals surface area (Å²) >= 11 is 3.45. The minimum Gasteiger partial charge on any atom is -0.372 e. The van der Waals surface area contributed by atoms with Crippen LogP contribution in [0.25, 0.3) is 0 Å². The van der Waals surface area contributed by atoms with E-state index in [4.69, 9.17) is 0 Å². The molecule has 0 bridgehead atoms. The van der Waals surface area contributed by atoms with Crippen LogP contribution in [0.1, 0.15) is 42.5 Å². The second-order valence-electron chi connectivity index (χ2n) is 4.58. The Bertz CT molecular complexity index is 384. The normalized spacial score (nSPS) is 17.4. The van der Waals surface area contributed by atoms with Gasteiger partial charge < -0.3 is 4.90 Å². The summed E-state index contributed by atoms with van der Waals surface area (Å²) in [5.74, 6) is 0. The maximum atomic E-state index is 10.8. The number of aldehydes is 1. The van der Waals surface area contributed by atoms with Crippen LogP contribution in [0.2, 0.25) is 0 Å². The maximum absolute atomic E-state index is 10.8. The lowest BCUT2D eigenvalue weighted by atomic mass is 10.1. The van der Waals surface area contributed by atoms with E-state index in [1.54, 1.807) is 0 Å². The molecule has 1 aromatic rings. The first kappa shape index (κ1) is 12.6. The van der Waals surface area contributed by atoms with Crippen LogP contribution in [0, 0.1) is 0 Å². The van der Waals surface area contributed by atoms with E-state index in [9.17, 15) is 4.79 Å². The largest absolute Gasteiger partial charge is 0.372 e. The summed E-state index contributed by atoms with van der Waals surface area (Å²) in [6.07, 6.45) is 7.48. The van der Waals surface area contributed by atoms with Crippen molar-refractivity contribution in [1.82, 2.24) is 0 Å². The summed E-state index contributed by atoms with van der Waals surface area (Å²) in [6.45, 7) is 2.26. The van der Waals surface area contributed by atoms with Gasteiger partial charge in [-0.3, -0.25) is 4.79 Å². The molecule has 2 rings (SSSR count). The summed E-state index contributed by atoms with van der Waals surface area (Å²) in [6, 6.07) is 6.01. The summed E-state index contributed by atoms with van der Waals surface area (Å²) in [7, 11) is 0. The van der Waals surface area contributed by atoms with E-state index in [1.807, 2.05) is 6.07 Å². The van der Waals surface area contributed by atoms with Gasteiger partial charge in [0.15, 0.2) is 6.29 Å². The fourth-order valence-corrected chi connectivity index (χ4v) is 2.77. The molecule has 1 heterocycles. The van der Waals surface area contributed by atoms with Crippen molar-refractivity contribution in [2.45, 2.75) is 32.1 Å². The van der Waals surface area contributed by atoms with Gasteiger partial charge in [0.05, 0.1) is 0 Å². The highest BCUT2D eigenvalue weighted by molar-refractivity contribution is 9.10. The fourth-order valence-electron chi connectivity index (χ4n) is 2.31.